The van der Waals surface area contributed by atoms with Crippen molar-refractivity contribution in [2.75, 3.05) is 26.7 Å². The van der Waals surface area contributed by atoms with Crippen LogP contribution in [-0.4, -0.2) is 31.6 Å². The first kappa shape index (κ1) is 14.0. The molecule has 2 rings (SSSR count). The van der Waals surface area contributed by atoms with Gasteiger partial charge in [0, 0.05) is 6.04 Å². The number of nitrogens with one attached hydrogen (secondary N) is 1. The van der Waals surface area contributed by atoms with Crippen LogP contribution in [0, 0.1) is 11.7 Å². The maximum absolute atomic E-state index is 13.7. The highest BCUT2D eigenvalue weighted by Crippen LogP contribution is 2.36. The van der Waals surface area contributed by atoms with Gasteiger partial charge in [0.25, 0.3) is 0 Å². The van der Waals surface area contributed by atoms with Crippen LogP contribution in [-0.2, 0) is 0 Å². The van der Waals surface area contributed by atoms with E-state index in [1.807, 2.05) is 6.07 Å². The topological polar surface area (TPSA) is 15.3 Å². The molecule has 0 radical (unpaired) electrons. The van der Waals surface area contributed by atoms with Gasteiger partial charge >= 0.3 is 0 Å². The third-order valence-electron chi connectivity index (χ3n) is 3.72. The van der Waals surface area contributed by atoms with Gasteiger partial charge in [-0.3, -0.25) is 4.90 Å². The zero-order valence-corrected chi connectivity index (χ0v) is 12.5. The third-order valence-corrected chi connectivity index (χ3v) is 4.36. The van der Waals surface area contributed by atoms with E-state index in [0.29, 0.717) is 16.4 Å². The SMILES string of the molecule is CCNCC1CCN(C)C1c1ccc(Br)c(F)c1. The Morgan fingerprint density at radius 1 is 1.50 bits per heavy atom. The molecule has 1 saturated heterocycles. The van der Waals surface area contributed by atoms with E-state index in [1.54, 1.807) is 12.1 Å². The van der Waals surface area contributed by atoms with Gasteiger partial charge in [0.05, 0.1) is 4.47 Å². The summed E-state index contributed by atoms with van der Waals surface area (Å²) in [6, 6.07) is 5.82. The van der Waals surface area contributed by atoms with Crippen LogP contribution in [0.2, 0.25) is 0 Å². The molecule has 1 aliphatic rings. The molecular weight excluding hydrogens is 295 g/mol. The fourth-order valence-corrected chi connectivity index (χ4v) is 3.04. The van der Waals surface area contributed by atoms with E-state index in [-0.39, 0.29) is 5.82 Å². The van der Waals surface area contributed by atoms with Crippen LogP contribution in [0.5, 0.6) is 0 Å². The number of benzene rings is 1. The van der Waals surface area contributed by atoms with Gasteiger partial charge < -0.3 is 5.32 Å². The molecule has 1 heterocycles. The Hall–Kier alpha value is -0.450. The van der Waals surface area contributed by atoms with Gasteiger partial charge in [0.2, 0.25) is 0 Å². The molecule has 0 bridgehead atoms. The van der Waals surface area contributed by atoms with Gasteiger partial charge in [0.15, 0.2) is 0 Å². The van der Waals surface area contributed by atoms with Crippen molar-refractivity contribution in [1.29, 1.82) is 0 Å². The zero-order chi connectivity index (χ0) is 13.1. The smallest absolute Gasteiger partial charge is 0.137 e. The molecular formula is C14H20BrFN2. The van der Waals surface area contributed by atoms with Crippen LogP contribution >= 0.6 is 15.9 Å². The van der Waals surface area contributed by atoms with Crippen LogP contribution in [0.25, 0.3) is 0 Å². The van der Waals surface area contributed by atoms with Gasteiger partial charge in [-0.1, -0.05) is 13.0 Å². The van der Waals surface area contributed by atoms with Crippen molar-refractivity contribution in [3.8, 4) is 0 Å². The summed E-state index contributed by atoms with van der Waals surface area (Å²) in [5.74, 6) is 0.394. The molecule has 2 atom stereocenters. The Labute approximate surface area is 117 Å². The lowest BCUT2D eigenvalue weighted by Crippen LogP contribution is -2.28. The molecule has 4 heteroatoms. The Morgan fingerprint density at radius 2 is 2.28 bits per heavy atom. The summed E-state index contributed by atoms with van der Waals surface area (Å²) in [5, 5.41) is 3.41. The van der Waals surface area contributed by atoms with Crippen molar-refractivity contribution >= 4 is 15.9 Å². The average Bonchev–Trinajstić information content (AvgIpc) is 2.71. The molecule has 1 aromatic rings. The van der Waals surface area contributed by atoms with Crippen LogP contribution in [0.15, 0.2) is 22.7 Å². The van der Waals surface area contributed by atoms with Gasteiger partial charge in [0.1, 0.15) is 5.82 Å². The summed E-state index contributed by atoms with van der Waals surface area (Å²) in [7, 11) is 2.12. The third kappa shape index (κ3) is 2.92. The number of hydrogen-bond donors (Lipinski definition) is 1. The average molecular weight is 315 g/mol. The van der Waals surface area contributed by atoms with E-state index < -0.39 is 0 Å². The Balaban J connectivity index is 2.19. The van der Waals surface area contributed by atoms with E-state index in [1.165, 1.54) is 6.42 Å². The molecule has 100 valence electrons. The number of halogens is 2. The van der Waals surface area contributed by atoms with Crippen LogP contribution < -0.4 is 5.32 Å². The molecule has 0 aliphatic carbocycles. The van der Waals surface area contributed by atoms with Crippen molar-refractivity contribution in [3.63, 3.8) is 0 Å². The number of likely N-dealkylation sites (tertiary alicyclic amines) is 1. The predicted molar refractivity (Wildman–Crippen MR) is 76.1 cm³/mol. The number of hydrogen-bond acceptors (Lipinski definition) is 2. The molecule has 2 nitrogen and oxygen atoms in total. The Bertz CT molecular complexity index is 411. The highest BCUT2D eigenvalue weighted by molar-refractivity contribution is 9.10. The first-order chi connectivity index (χ1) is 8.63. The molecule has 1 aromatic carbocycles. The molecule has 1 aliphatic heterocycles. The normalized spacial score (nSPS) is 24.7. The summed E-state index contributed by atoms with van der Waals surface area (Å²) in [6.07, 6.45) is 1.17. The maximum Gasteiger partial charge on any atom is 0.137 e. The first-order valence-corrected chi connectivity index (χ1v) is 7.28. The second-order valence-corrected chi connectivity index (χ2v) is 5.81. The summed E-state index contributed by atoms with van der Waals surface area (Å²) < 4.78 is 14.2. The van der Waals surface area contributed by atoms with E-state index in [4.69, 9.17) is 0 Å². The number of nitrogens with zero attached hydrogens (tertiary/aromatic N) is 1. The summed E-state index contributed by atoms with van der Waals surface area (Å²) in [6.45, 7) is 5.19. The largest absolute Gasteiger partial charge is 0.317 e. The molecule has 0 saturated carbocycles. The molecule has 0 spiro atoms. The predicted octanol–water partition coefficient (Wildman–Crippen LogP) is 3.19. The van der Waals surface area contributed by atoms with Gasteiger partial charge in [-0.2, -0.15) is 0 Å². The zero-order valence-electron chi connectivity index (χ0n) is 10.9. The highest BCUT2D eigenvalue weighted by atomic mass is 79.9. The molecule has 1 N–H and O–H groups in total. The van der Waals surface area contributed by atoms with Crippen LogP contribution in [0.3, 0.4) is 0 Å². The lowest BCUT2D eigenvalue weighted by Gasteiger charge is -2.26. The lowest BCUT2D eigenvalue weighted by molar-refractivity contribution is 0.272. The summed E-state index contributed by atoms with van der Waals surface area (Å²) >= 11 is 3.21. The first-order valence-electron chi connectivity index (χ1n) is 6.49. The van der Waals surface area contributed by atoms with E-state index in [0.717, 1.165) is 25.2 Å². The second-order valence-electron chi connectivity index (χ2n) is 4.96. The minimum atomic E-state index is -0.171. The van der Waals surface area contributed by atoms with Crippen molar-refractivity contribution in [2.45, 2.75) is 19.4 Å². The van der Waals surface area contributed by atoms with Crippen LogP contribution in [0.4, 0.5) is 4.39 Å². The quantitative estimate of drug-likeness (QED) is 0.918. The van der Waals surface area contributed by atoms with Crippen molar-refractivity contribution in [2.24, 2.45) is 5.92 Å². The lowest BCUT2D eigenvalue weighted by atomic mass is 9.93. The van der Waals surface area contributed by atoms with Crippen LogP contribution in [0.1, 0.15) is 24.9 Å². The highest BCUT2D eigenvalue weighted by Gasteiger charge is 2.32. The molecule has 0 aromatic heterocycles. The van der Waals surface area contributed by atoms with Gasteiger partial charge in [-0.05, 0) is 72.6 Å². The van der Waals surface area contributed by atoms with E-state index in [2.05, 4.69) is 40.1 Å². The molecule has 0 amide bonds. The summed E-state index contributed by atoms with van der Waals surface area (Å²) in [5.41, 5.74) is 1.08. The monoisotopic (exact) mass is 314 g/mol. The minimum Gasteiger partial charge on any atom is -0.317 e. The second kappa shape index (κ2) is 6.13. The van der Waals surface area contributed by atoms with Crippen molar-refractivity contribution < 1.29 is 4.39 Å². The molecule has 18 heavy (non-hydrogen) atoms. The fourth-order valence-electron chi connectivity index (χ4n) is 2.79. The fraction of sp³-hybridized carbons (Fsp3) is 0.571. The molecule has 1 fully saturated rings. The minimum absolute atomic E-state index is 0.171. The standard InChI is InChI=1S/C14H20BrFN2/c1-3-17-9-11-6-7-18(2)14(11)10-4-5-12(15)13(16)8-10/h4-5,8,11,14,17H,3,6-7,9H2,1-2H3. The van der Waals surface area contributed by atoms with E-state index in [9.17, 15) is 4.39 Å². The molecule has 2 unspecified atom stereocenters. The Kier molecular flexibility index (Phi) is 4.76. The Morgan fingerprint density at radius 3 is 2.94 bits per heavy atom. The van der Waals surface area contributed by atoms with Crippen molar-refractivity contribution in [3.05, 3.63) is 34.1 Å². The van der Waals surface area contributed by atoms with Gasteiger partial charge in [-0.15, -0.1) is 0 Å². The van der Waals surface area contributed by atoms with E-state index >= 15 is 0 Å². The van der Waals surface area contributed by atoms with Crippen molar-refractivity contribution in [1.82, 2.24) is 10.2 Å². The number of rotatable bonds is 4. The van der Waals surface area contributed by atoms with Gasteiger partial charge in [-0.25, -0.2) is 4.39 Å². The summed E-state index contributed by atoms with van der Waals surface area (Å²) in [4.78, 5) is 2.32. The maximum atomic E-state index is 13.7.